The predicted molar refractivity (Wildman–Crippen MR) is 92.4 cm³/mol. The van der Waals surface area contributed by atoms with Crippen molar-refractivity contribution in [3.05, 3.63) is 65.3 Å². The Kier molecular flexibility index (Phi) is 3.36. The first-order valence-electron chi connectivity index (χ1n) is 7.00. The van der Waals surface area contributed by atoms with Crippen molar-refractivity contribution in [3.63, 3.8) is 0 Å². The first-order valence-corrected chi connectivity index (χ1v) is 8.42. The quantitative estimate of drug-likeness (QED) is 0.746. The van der Waals surface area contributed by atoms with Crippen molar-refractivity contribution < 1.29 is 4.79 Å². The maximum atomic E-state index is 12.4. The summed E-state index contributed by atoms with van der Waals surface area (Å²) >= 11 is 7.94. The number of rotatable bonds is 2. The molecule has 5 heteroatoms. The van der Waals surface area contributed by atoms with Crippen molar-refractivity contribution in [1.82, 2.24) is 4.98 Å². The molecule has 0 aliphatic carbocycles. The molecule has 0 radical (unpaired) electrons. The molecule has 0 saturated carbocycles. The molecule has 1 saturated heterocycles. The van der Waals surface area contributed by atoms with Gasteiger partial charge < -0.3 is 4.98 Å². The van der Waals surface area contributed by atoms with E-state index in [2.05, 4.69) is 11.1 Å². The Balaban J connectivity index is 1.84. The number of benzene rings is 2. The lowest BCUT2D eigenvalue weighted by molar-refractivity contribution is -0.115. The molecule has 0 spiro atoms. The summed E-state index contributed by atoms with van der Waals surface area (Å²) in [7, 11) is 0. The number of thioether (sulfide) groups is 1. The third kappa shape index (κ3) is 2.11. The zero-order chi connectivity index (χ0) is 15.1. The highest BCUT2D eigenvalue weighted by Gasteiger charge is 2.36. The van der Waals surface area contributed by atoms with Crippen molar-refractivity contribution in [2.75, 3.05) is 10.7 Å². The standard InChI is InChI=1S/C17H13ClN2OS/c18-13-6-2-4-8-15(13)20-16(21)10-22-17(20)12-9-19-14-7-3-1-5-11(12)14/h1-9,17,19H,10H2/t17-/m1/s1. The van der Waals surface area contributed by atoms with E-state index >= 15 is 0 Å². The number of para-hydroxylation sites is 2. The van der Waals surface area contributed by atoms with Crippen LogP contribution in [0.1, 0.15) is 10.9 Å². The van der Waals surface area contributed by atoms with Gasteiger partial charge in [-0.25, -0.2) is 0 Å². The zero-order valence-corrected chi connectivity index (χ0v) is 13.2. The van der Waals surface area contributed by atoms with Crippen LogP contribution in [0.2, 0.25) is 5.02 Å². The monoisotopic (exact) mass is 328 g/mol. The van der Waals surface area contributed by atoms with Gasteiger partial charge in [0.2, 0.25) is 5.91 Å². The highest BCUT2D eigenvalue weighted by Crippen LogP contribution is 2.45. The maximum Gasteiger partial charge on any atom is 0.238 e. The largest absolute Gasteiger partial charge is 0.361 e. The predicted octanol–water partition coefficient (Wildman–Crippen LogP) is 4.60. The number of aromatic nitrogens is 1. The summed E-state index contributed by atoms with van der Waals surface area (Å²) in [5.74, 6) is 0.559. The van der Waals surface area contributed by atoms with Crippen LogP contribution in [0.25, 0.3) is 10.9 Å². The van der Waals surface area contributed by atoms with Gasteiger partial charge in [-0.1, -0.05) is 41.9 Å². The zero-order valence-electron chi connectivity index (χ0n) is 11.6. The molecule has 1 aliphatic rings. The average Bonchev–Trinajstić information content (AvgIpc) is 3.11. The minimum atomic E-state index is -0.0523. The Labute approximate surface area is 137 Å². The van der Waals surface area contributed by atoms with Crippen molar-refractivity contribution in [2.45, 2.75) is 5.37 Å². The molecule has 1 N–H and O–H groups in total. The van der Waals surface area contributed by atoms with Crippen molar-refractivity contribution in [3.8, 4) is 0 Å². The van der Waals surface area contributed by atoms with Gasteiger partial charge >= 0.3 is 0 Å². The van der Waals surface area contributed by atoms with E-state index in [1.165, 1.54) is 0 Å². The van der Waals surface area contributed by atoms with E-state index in [4.69, 9.17) is 11.6 Å². The molecule has 1 fully saturated rings. The summed E-state index contributed by atoms with van der Waals surface area (Å²) in [6.45, 7) is 0. The molecule has 1 aliphatic heterocycles. The second-order valence-corrected chi connectivity index (χ2v) is 6.64. The molecule has 2 heterocycles. The van der Waals surface area contributed by atoms with Crippen LogP contribution in [-0.4, -0.2) is 16.6 Å². The number of nitrogens with one attached hydrogen (secondary N) is 1. The van der Waals surface area contributed by atoms with Crippen LogP contribution in [0.15, 0.2) is 54.7 Å². The Morgan fingerprint density at radius 3 is 2.77 bits per heavy atom. The smallest absolute Gasteiger partial charge is 0.238 e. The van der Waals surface area contributed by atoms with Gasteiger partial charge in [-0.3, -0.25) is 9.69 Å². The van der Waals surface area contributed by atoms with Crippen LogP contribution in [0.3, 0.4) is 0 Å². The van der Waals surface area contributed by atoms with Crippen LogP contribution >= 0.6 is 23.4 Å². The van der Waals surface area contributed by atoms with Crippen LogP contribution in [-0.2, 0) is 4.79 Å². The molecule has 0 bridgehead atoms. The summed E-state index contributed by atoms with van der Waals surface area (Å²) in [5, 5.41) is 1.69. The minimum Gasteiger partial charge on any atom is -0.361 e. The first-order chi connectivity index (χ1) is 10.8. The van der Waals surface area contributed by atoms with Gasteiger partial charge in [0.15, 0.2) is 0 Å². The maximum absolute atomic E-state index is 12.4. The molecular weight excluding hydrogens is 316 g/mol. The minimum absolute atomic E-state index is 0.0523. The molecule has 1 aromatic heterocycles. The van der Waals surface area contributed by atoms with Crippen LogP contribution < -0.4 is 4.90 Å². The van der Waals surface area contributed by atoms with E-state index in [-0.39, 0.29) is 11.3 Å². The molecule has 2 aromatic carbocycles. The molecule has 1 atom stereocenters. The molecular formula is C17H13ClN2OS. The number of carbonyl (C=O) groups is 1. The van der Waals surface area contributed by atoms with E-state index in [1.54, 1.807) is 11.8 Å². The number of hydrogen-bond acceptors (Lipinski definition) is 2. The van der Waals surface area contributed by atoms with Crippen LogP contribution in [0, 0.1) is 0 Å². The summed E-state index contributed by atoms with van der Waals surface area (Å²) in [5.41, 5.74) is 2.97. The highest BCUT2D eigenvalue weighted by atomic mass is 35.5. The Morgan fingerprint density at radius 2 is 1.91 bits per heavy atom. The molecule has 110 valence electrons. The van der Waals surface area contributed by atoms with Gasteiger partial charge in [0.05, 0.1) is 16.5 Å². The third-order valence-electron chi connectivity index (χ3n) is 3.87. The second kappa shape index (κ2) is 5.38. The van der Waals surface area contributed by atoms with Crippen molar-refractivity contribution in [2.24, 2.45) is 0 Å². The number of nitrogens with zero attached hydrogens (tertiary/aromatic N) is 1. The molecule has 3 aromatic rings. The van der Waals surface area contributed by atoms with Crippen LogP contribution in [0.4, 0.5) is 5.69 Å². The van der Waals surface area contributed by atoms with Gasteiger partial charge in [-0.2, -0.15) is 0 Å². The summed E-state index contributed by atoms with van der Waals surface area (Å²) in [6.07, 6.45) is 1.99. The van der Waals surface area contributed by atoms with Crippen molar-refractivity contribution in [1.29, 1.82) is 0 Å². The highest BCUT2D eigenvalue weighted by molar-refractivity contribution is 8.00. The number of H-pyrrole nitrogens is 1. The number of anilines is 1. The van der Waals surface area contributed by atoms with E-state index in [0.29, 0.717) is 10.8 Å². The Bertz CT molecular complexity index is 860. The topological polar surface area (TPSA) is 36.1 Å². The number of hydrogen-bond donors (Lipinski definition) is 1. The summed E-state index contributed by atoms with van der Waals surface area (Å²) < 4.78 is 0. The number of amides is 1. The molecule has 1 amide bonds. The molecule has 22 heavy (non-hydrogen) atoms. The van der Waals surface area contributed by atoms with Gasteiger partial charge in [-0.05, 0) is 18.2 Å². The molecule has 4 rings (SSSR count). The van der Waals surface area contributed by atoms with Gasteiger partial charge in [0.1, 0.15) is 5.37 Å². The number of aromatic amines is 1. The number of halogens is 1. The third-order valence-corrected chi connectivity index (χ3v) is 5.38. The fraction of sp³-hybridized carbons (Fsp3) is 0.118. The number of carbonyl (C=O) groups excluding carboxylic acids is 1. The van der Waals surface area contributed by atoms with E-state index in [0.717, 1.165) is 22.2 Å². The summed E-state index contributed by atoms with van der Waals surface area (Å²) in [6, 6.07) is 15.6. The lowest BCUT2D eigenvalue weighted by atomic mass is 10.1. The van der Waals surface area contributed by atoms with Gasteiger partial charge in [0, 0.05) is 22.7 Å². The fourth-order valence-corrected chi connectivity index (χ4v) is 4.28. The SMILES string of the molecule is O=C1CS[C@H](c2c[nH]c3ccccc23)N1c1ccccc1Cl. The van der Waals surface area contributed by atoms with Crippen LogP contribution in [0.5, 0.6) is 0 Å². The lowest BCUT2D eigenvalue weighted by Crippen LogP contribution is -2.27. The van der Waals surface area contributed by atoms with E-state index < -0.39 is 0 Å². The van der Waals surface area contributed by atoms with E-state index in [9.17, 15) is 4.79 Å². The number of fused-ring (bicyclic) bond motifs is 1. The lowest BCUT2D eigenvalue weighted by Gasteiger charge is -2.24. The Morgan fingerprint density at radius 1 is 1.14 bits per heavy atom. The normalized spacial score (nSPS) is 18.3. The average molecular weight is 329 g/mol. The fourth-order valence-electron chi connectivity index (χ4n) is 2.86. The van der Waals surface area contributed by atoms with Gasteiger partial charge in [0.25, 0.3) is 0 Å². The first kappa shape index (κ1) is 13.7. The van der Waals surface area contributed by atoms with E-state index in [1.807, 2.05) is 53.6 Å². The molecule has 0 unspecified atom stereocenters. The second-order valence-electron chi connectivity index (χ2n) is 5.17. The van der Waals surface area contributed by atoms with Crippen molar-refractivity contribution >= 4 is 45.9 Å². The summed E-state index contributed by atoms with van der Waals surface area (Å²) in [4.78, 5) is 17.5. The van der Waals surface area contributed by atoms with Gasteiger partial charge in [-0.15, -0.1) is 11.8 Å². The Hall–Kier alpha value is -1.91. The molecule has 3 nitrogen and oxygen atoms in total.